The molecule has 1 rings (SSSR count). The Hall–Kier alpha value is -1.36. The van der Waals surface area contributed by atoms with Crippen molar-refractivity contribution in [2.24, 2.45) is 0 Å². The molecule has 0 fully saturated rings. The molecule has 1 amide bonds. The molecule has 0 radical (unpaired) electrons. The lowest BCUT2D eigenvalue weighted by atomic mass is 10.2. The van der Waals surface area contributed by atoms with E-state index in [-0.39, 0.29) is 19.1 Å². The molecule has 0 saturated carbocycles. The zero-order valence-corrected chi connectivity index (χ0v) is 6.79. The first-order chi connectivity index (χ1) is 5.75. The number of rotatable bonds is 3. The van der Waals surface area contributed by atoms with Crippen LogP contribution in [-0.4, -0.2) is 34.4 Å². The molecule has 1 aromatic heterocycles. The molecular weight excluding hydrogens is 158 g/mol. The van der Waals surface area contributed by atoms with Gasteiger partial charge in [0.15, 0.2) is 0 Å². The Morgan fingerprint density at radius 3 is 3.08 bits per heavy atom. The van der Waals surface area contributed by atoms with Crippen LogP contribution >= 0.6 is 0 Å². The predicted molar refractivity (Wildman–Crippen MR) is 42.7 cm³/mol. The molecule has 0 unspecified atom stereocenters. The van der Waals surface area contributed by atoms with Gasteiger partial charge in [-0.2, -0.15) is 5.10 Å². The van der Waals surface area contributed by atoms with E-state index in [0.29, 0.717) is 5.56 Å². The topological polar surface area (TPSA) is 78.0 Å². The summed E-state index contributed by atoms with van der Waals surface area (Å²) in [7, 11) is 0. The second-order valence-corrected chi connectivity index (χ2v) is 2.39. The standard InChI is InChI=1S/C7H11N3O2/c1-5-6(4-9-10-5)7(12)8-2-3-11/h4,11H,2-3H2,1H3,(H,8,12)(H,9,10). The minimum absolute atomic E-state index is 0.0529. The molecule has 0 saturated heterocycles. The highest BCUT2D eigenvalue weighted by Gasteiger charge is 2.08. The van der Waals surface area contributed by atoms with Gasteiger partial charge in [0.25, 0.3) is 5.91 Å². The lowest BCUT2D eigenvalue weighted by Gasteiger charge is -2.00. The normalized spacial score (nSPS) is 9.83. The van der Waals surface area contributed by atoms with Crippen molar-refractivity contribution >= 4 is 5.91 Å². The largest absolute Gasteiger partial charge is 0.395 e. The number of carbonyl (C=O) groups excluding carboxylic acids is 1. The fourth-order valence-electron chi connectivity index (χ4n) is 0.844. The number of hydrogen-bond acceptors (Lipinski definition) is 3. The molecule has 12 heavy (non-hydrogen) atoms. The van der Waals surface area contributed by atoms with Gasteiger partial charge < -0.3 is 10.4 Å². The smallest absolute Gasteiger partial charge is 0.254 e. The van der Waals surface area contributed by atoms with Crippen LogP contribution in [-0.2, 0) is 0 Å². The minimum Gasteiger partial charge on any atom is -0.395 e. The van der Waals surface area contributed by atoms with Crippen molar-refractivity contribution < 1.29 is 9.90 Å². The van der Waals surface area contributed by atoms with E-state index in [1.807, 2.05) is 0 Å². The van der Waals surface area contributed by atoms with Crippen molar-refractivity contribution in [3.63, 3.8) is 0 Å². The third-order valence-electron chi connectivity index (χ3n) is 1.47. The summed E-state index contributed by atoms with van der Waals surface area (Å²) in [5.74, 6) is -0.213. The average molecular weight is 169 g/mol. The number of H-pyrrole nitrogens is 1. The van der Waals surface area contributed by atoms with Crippen LogP contribution in [0.3, 0.4) is 0 Å². The maximum absolute atomic E-state index is 11.2. The second kappa shape index (κ2) is 3.87. The SMILES string of the molecule is Cc1[nH]ncc1C(=O)NCCO. The fourth-order valence-corrected chi connectivity index (χ4v) is 0.844. The van der Waals surface area contributed by atoms with Crippen molar-refractivity contribution in [2.45, 2.75) is 6.92 Å². The first-order valence-corrected chi connectivity index (χ1v) is 3.64. The predicted octanol–water partition coefficient (Wildman–Crippen LogP) is -0.560. The zero-order chi connectivity index (χ0) is 8.97. The van der Waals surface area contributed by atoms with E-state index in [1.165, 1.54) is 6.20 Å². The van der Waals surface area contributed by atoms with Gasteiger partial charge in [0.1, 0.15) is 0 Å². The highest BCUT2D eigenvalue weighted by molar-refractivity contribution is 5.94. The molecule has 3 N–H and O–H groups in total. The molecule has 0 aliphatic carbocycles. The van der Waals surface area contributed by atoms with Crippen LogP contribution in [0.25, 0.3) is 0 Å². The summed E-state index contributed by atoms with van der Waals surface area (Å²) in [5, 5.41) is 17.3. The van der Waals surface area contributed by atoms with E-state index < -0.39 is 0 Å². The number of aliphatic hydroxyl groups excluding tert-OH is 1. The number of aryl methyl sites for hydroxylation is 1. The van der Waals surface area contributed by atoms with Gasteiger partial charge in [-0.05, 0) is 6.92 Å². The van der Waals surface area contributed by atoms with Crippen molar-refractivity contribution in [3.05, 3.63) is 17.5 Å². The van der Waals surface area contributed by atoms with E-state index in [2.05, 4.69) is 15.5 Å². The van der Waals surface area contributed by atoms with Gasteiger partial charge in [-0.3, -0.25) is 9.89 Å². The summed E-state index contributed by atoms with van der Waals surface area (Å²) < 4.78 is 0. The van der Waals surface area contributed by atoms with Crippen LogP contribution in [0.4, 0.5) is 0 Å². The van der Waals surface area contributed by atoms with Crippen LogP contribution in [0.2, 0.25) is 0 Å². The zero-order valence-electron chi connectivity index (χ0n) is 6.79. The molecule has 0 spiro atoms. The Balaban J connectivity index is 2.59. The highest BCUT2D eigenvalue weighted by atomic mass is 16.3. The quantitative estimate of drug-likeness (QED) is 0.567. The number of nitrogens with zero attached hydrogens (tertiary/aromatic N) is 1. The molecule has 0 aromatic carbocycles. The second-order valence-electron chi connectivity index (χ2n) is 2.39. The summed E-state index contributed by atoms with van der Waals surface area (Å²) >= 11 is 0. The van der Waals surface area contributed by atoms with Crippen molar-refractivity contribution in [1.82, 2.24) is 15.5 Å². The van der Waals surface area contributed by atoms with Gasteiger partial charge in [0, 0.05) is 12.2 Å². The van der Waals surface area contributed by atoms with E-state index >= 15 is 0 Å². The van der Waals surface area contributed by atoms with E-state index in [9.17, 15) is 4.79 Å². The third kappa shape index (κ3) is 1.82. The lowest BCUT2D eigenvalue weighted by molar-refractivity contribution is 0.0944. The Kier molecular flexibility index (Phi) is 2.82. The minimum atomic E-state index is -0.213. The fraction of sp³-hybridized carbons (Fsp3) is 0.429. The Morgan fingerprint density at radius 1 is 1.83 bits per heavy atom. The van der Waals surface area contributed by atoms with Gasteiger partial charge in [-0.1, -0.05) is 0 Å². The van der Waals surface area contributed by atoms with E-state index in [1.54, 1.807) is 6.92 Å². The van der Waals surface area contributed by atoms with Crippen LogP contribution in [0.15, 0.2) is 6.20 Å². The summed E-state index contributed by atoms with van der Waals surface area (Å²) in [4.78, 5) is 11.2. The number of hydrogen-bond donors (Lipinski definition) is 3. The van der Waals surface area contributed by atoms with Gasteiger partial charge in [-0.25, -0.2) is 0 Å². The number of amides is 1. The molecule has 1 heterocycles. The van der Waals surface area contributed by atoms with Crippen LogP contribution in [0.5, 0.6) is 0 Å². The molecule has 1 aromatic rings. The number of carbonyl (C=O) groups is 1. The van der Waals surface area contributed by atoms with Gasteiger partial charge >= 0.3 is 0 Å². The lowest BCUT2D eigenvalue weighted by Crippen LogP contribution is -2.26. The molecule has 0 aliphatic heterocycles. The first kappa shape index (κ1) is 8.73. The number of nitrogens with one attached hydrogen (secondary N) is 2. The average Bonchev–Trinajstić information content (AvgIpc) is 2.47. The molecule has 5 nitrogen and oxygen atoms in total. The molecule has 0 bridgehead atoms. The monoisotopic (exact) mass is 169 g/mol. The van der Waals surface area contributed by atoms with Crippen LogP contribution < -0.4 is 5.32 Å². The van der Waals surface area contributed by atoms with Crippen LogP contribution in [0.1, 0.15) is 16.1 Å². The molecule has 0 aliphatic rings. The van der Waals surface area contributed by atoms with Crippen molar-refractivity contribution in [2.75, 3.05) is 13.2 Å². The molecule has 66 valence electrons. The van der Waals surface area contributed by atoms with Gasteiger partial charge in [-0.15, -0.1) is 0 Å². The summed E-state index contributed by atoms with van der Waals surface area (Å²) in [6, 6.07) is 0. The first-order valence-electron chi connectivity index (χ1n) is 3.64. The summed E-state index contributed by atoms with van der Waals surface area (Å²) in [5.41, 5.74) is 1.24. The maximum atomic E-state index is 11.2. The Labute approximate surface area is 69.8 Å². The molecule has 0 atom stereocenters. The van der Waals surface area contributed by atoms with Crippen LogP contribution in [0, 0.1) is 6.92 Å². The maximum Gasteiger partial charge on any atom is 0.254 e. The van der Waals surface area contributed by atoms with Gasteiger partial charge in [0.05, 0.1) is 18.4 Å². The number of aromatic nitrogens is 2. The van der Waals surface area contributed by atoms with E-state index in [0.717, 1.165) is 5.69 Å². The highest BCUT2D eigenvalue weighted by Crippen LogP contribution is 2.00. The summed E-state index contributed by atoms with van der Waals surface area (Å²) in [6.07, 6.45) is 1.46. The van der Waals surface area contributed by atoms with E-state index in [4.69, 9.17) is 5.11 Å². The Bertz CT molecular complexity index is 269. The number of aromatic amines is 1. The summed E-state index contributed by atoms with van der Waals surface area (Å²) in [6.45, 7) is 1.98. The van der Waals surface area contributed by atoms with Crippen molar-refractivity contribution in [1.29, 1.82) is 0 Å². The number of aliphatic hydroxyl groups is 1. The molecule has 5 heteroatoms. The third-order valence-corrected chi connectivity index (χ3v) is 1.47. The van der Waals surface area contributed by atoms with Gasteiger partial charge in [0.2, 0.25) is 0 Å². The Morgan fingerprint density at radius 2 is 2.58 bits per heavy atom. The van der Waals surface area contributed by atoms with Crippen molar-refractivity contribution in [3.8, 4) is 0 Å². The molecular formula is C7H11N3O2.